The van der Waals surface area contributed by atoms with Crippen LogP contribution in [0.4, 0.5) is 5.69 Å². The third-order valence-corrected chi connectivity index (χ3v) is 4.36. The van der Waals surface area contributed by atoms with E-state index in [4.69, 9.17) is 9.47 Å². The summed E-state index contributed by atoms with van der Waals surface area (Å²) in [6, 6.07) is 12.9. The third kappa shape index (κ3) is 5.35. The highest BCUT2D eigenvalue weighted by atomic mass is 79.9. The molecule has 0 aliphatic rings. The molecule has 0 saturated carbocycles. The van der Waals surface area contributed by atoms with Crippen molar-refractivity contribution in [2.75, 3.05) is 19.0 Å². The molecule has 0 aromatic heterocycles. The molecule has 1 amide bonds. The summed E-state index contributed by atoms with van der Waals surface area (Å²) in [5.41, 5.74) is 2.24. The molecule has 27 heavy (non-hydrogen) atoms. The number of carbonyl (C=O) groups excluding carboxylic acids is 1. The molecule has 0 atom stereocenters. The largest absolute Gasteiger partial charge is 0.493 e. The van der Waals surface area contributed by atoms with Crippen LogP contribution in [-0.2, 0) is 4.79 Å². The first-order valence-corrected chi connectivity index (χ1v) is 9.28. The number of amides is 1. The summed E-state index contributed by atoms with van der Waals surface area (Å²) in [5.74, 6) is 0.660. The van der Waals surface area contributed by atoms with Crippen molar-refractivity contribution in [3.63, 3.8) is 0 Å². The average Bonchev–Trinajstić information content (AvgIpc) is 2.66. The second-order valence-electron chi connectivity index (χ2n) is 5.82. The highest BCUT2D eigenvalue weighted by Crippen LogP contribution is 2.37. The van der Waals surface area contributed by atoms with E-state index >= 15 is 0 Å². The SMILES string of the molecule is CCCOc1c(Br)cc(/C=C(\C#N)C(=O)Nc2ccccc2C)cc1OC. The van der Waals surface area contributed by atoms with Crippen molar-refractivity contribution in [2.24, 2.45) is 0 Å². The minimum atomic E-state index is -0.465. The number of carbonyl (C=O) groups is 1. The van der Waals surface area contributed by atoms with E-state index in [2.05, 4.69) is 21.2 Å². The molecule has 0 saturated heterocycles. The van der Waals surface area contributed by atoms with Crippen molar-refractivity contribution < 1.29 is 14.3 Å². The molecule has 2 rings (SSSR count). The fraction of sp³-hybridized carbons (Fsp3) is 0.238. The number of rotatable bonds is 7. The summed E-state index contributed by atoms with van der Waals surface area (Å²) < 4.78 is 11.8. The zero-order chi connectivity index (χ0) is 19.8. The predicted octanol–water partition coefficient (Wildman–Crippen LogP) is 5.10. The van der Waals surface area contributed by atoms with Gasteiger partial charge in [0.2, 0.25) is 0 Å². The van der Waals surface area contributed by atoms with Gasteiger partial charge in [-0.1, -0.05) is 25.1 Å². The fourth-order valence-electron chi connectivity index (χ4n) is 2.39. The van der Waals surface area contributed by atoms with Crippen LogP contribution in [0.5, 0.6) is 11.5 Å². The number of benzene rings is 2. The van der Waals surface area contributed by atoms with Crippen LogP contribution in [-0.4, -0.2) is 19.6 Å². The Morgan fingerprint density at radius 2 is 2.07 bits per heavy atom. The summed E-state index contributed by atoms with van der Waals surface area (Å²) >= 11 is 3.46. The van der Waals surface area contributed by atoms with Crippen LogP contribution < -0.4 is 14.8 Å². The molecule has 140 valence electrons. The summed E-state index contributed by atoms with van der Waals surface area (Å²) in [7, 11) is 1.55. The van der Waals surface area contributed by atoms with Gasteiger partial charge in [0.25, 0.3) is 5.91 Å². The third-order valence-electron chi connectivity index (χ3n) is 3.77. The number of halogens is 1. The van der Waals surface area contributed by atoms with Gasteiger partial charge < -0.3 is 14.8 Å². The molecule has 2 aromatic carbocycles. The number of ether oxygens (including phenoxy) is 2. The van der Waals surface area contributed by atoms with Gasteiger partial charge >= 0.3 is 0 Å². The van der Waals surface area contributed by atoms with E-state index in [1.807, 2.05) is 38.1 Å². The van der Waals surface area contributed by atoms with Gasteiger partial charge in [-0.05, 0) is 64.7 Å². The van der Waals surface area contributed by atoms with Crippen LogP contribution in [0.25, 0.3) is 6.08 Å². The molecule has 6 heteroatoms. The molecular weight excluding hydrogens is 408 g/mol. The molecule has 2 aromatic rings. The number of nitrogens with zero attached hydrogens (tertiary/aromatic N) is 1. The van der Waals surface area contributed by atoms with Gasteiger partial charge in [-0.15, -0.1) is 0 Å². The first-order chi connectivity index (χ1) is 13.0. The first kappa shape index (κ1) is 20.5. The molecule has 0 fully saturated rings. The number of aryl methyl sites for hydroxylation is 1. The summed E-state index contributed by atoms with van der Waals surface area (Å²) in [4.78, 5) is 12.5. The van der Waals surface area contributed by atoms with Gasteiger partial charge in [-0.3, -0.25) is 4.79 Å². The molecule has 5 nitrogen and oxygen atoms in total. The topological polar surface area (TPSA) is 71.3 Å². The second-order valence-corrected chi connectivity index (χ2v) is 6.68. The Morgan fingerprint density at radius 1 is 1.33 bits per heavy atom. The monoisotopic (exact) mass is 428 g/mol. The zero-order valence-electron chi connectivity index (χ0n) is 15.5. The lowest BCUT2D eigenvalue weighted by molar-refractivity contribution is -0.112. The smallest absolute Gasteiger partial charge is 0.266 e. The first-order valence-electron chi connectivity index (χ1n) is 8.49. The summed E-state index contributed by atoms with van der Waals surface area (Å²) in [6.07, 6.45) is 2.39. The number of hydrogen-bond donors (Lipinski definition) is 1. The lowest BCUT2D eigenvalue weighted by Gasteiger charge is -2.13. The zero-order valence-corrected chi connectivity index (χ0v) is 17.1. The quantitative estimate of drug-likeness (QED) is 0.491. The lowest BCUT2D eigenvalue weighted by Crippen LogP contribution is -2.14. The molecular formula is C21H21BrN2O3. The highest BCUT2D eigenvalue weighted by Gasteiger charge is 2.14. The molecule has 0 bridgehead atoms. The van der Waals surface area contributed by atoms with Crippen molar-refractivity contribution in [1.82, 2.24) is 0 Å². The maximum Gasteiger partial charge on any atom is 0.266 e. The normalized spacial score (nSPS) is 10.9. The predicted molar refractivity (Wildman–Crippen MR) is 110 cm³/mol. The van der Waals surface area contributed by atoms with E-state index < -0.39 is 5.91 Å². The van der Waals surface area contributed by atoms with Crippen molar-refractivity contribution in [2.45, 2.75) is 20.3 Å². The van der Waals surface area contributed by atoms with Crippen LogP contribution in [0.2, 0.25) is 0 Å². The van der Waals surface area contributed by atoms with Crippen LogP contribution in [0.1, 0.15) is 24.5 Å². The van der Waals surface area contributed by atoms with E-state index in [9.17, 15) is 10.1 Å². The van der Waals surface area contributed by atoms with Gasteiger partial charge in [0, 0.05) is 5.69 Å². The Balaban J connectivity index is 2.31. The van der Waals surface area contributed by atoms with Crippen molar-refractivity contribution in [3.05, 3.63) is 57.6 Å². The average molecular weight is 429 g/mol. The maximum absolute atomic E-state index is 12.5. The summed E-state index contributed by atoms with van der Waals surface area (Å²) in [6.45, 7) is 4.47. The number of methoxy groups -OCH3 is 1. The minimum absolute atomic E-state index is 0.00515. The molecule has 0 aliphatic carbocycles. The number of hydrogen-bond acceptors (Lipinski definition) is 4. The van der Waals surface area contributed by atoms with Crippen LogP contribution >= 0.6 is 15.9 Å². The summed E-state index contributed by atoms with van der Waals surface area (Å²) in [5, 5.41) is 12.2. The highest BCUT2D eigenvalue weighted by molar-refractivity contribution is 9.10. The van der Waals surface area contributed by atoms with Crippen LogP contribution in [0.15, 0.2) is 46.4 Å². The van der Waals surface area contributed by atoms with Crippen LogP contribution in [0.3, 0.4) is 0 Å². The number of nitriles is 1. The van der Waals surface area contributed by atoms with Crippen molar-refractivity contribution in [3.8, 4) is 17.6 Å². The van der Waals surface area contributed by atoms with E-state index in [1.165, 1.54) is 6.08 Å². The second kappa shape index (κ2) is 9.79. The molecule has 1 N–H and O–H groups in total. The van der Waals surface area contributed by atoms with E-state index in [0.29, 0.717) is 33.8 Å². The molecule has 0 unspecified atom stereocenters. The molecule has 0 radical (unpaired) electrons. The Bertz CT molecular complexity index is 901. The Hall–Kier alpha value is -2.78. The Labute approximate surface area is 167 Å². The van der Waals surface area contributed by atoms with Gasteiger partial charge in [0.05, 0.1) is 18.2 Å². The standard InChI is InChI=1S/C21H21BrN2O3/c1-4-9-27-20-17(22)11-15(12-19(20)26-3)10-16(13-23)21(25)24-18-8-6-5-7-14(18)2/h5-8,10-12H,4,9H2,1-3H3,(H,24,25)/b16-10+. The van der Waals surface area contributed by atoms with E-state index in [1.54, 1.807) is 25.3 Å². The van der Waals surface area contributed by atoms with E-state index in [0.717, 1.165) is 12.0 Å². The van der Waals surface area contributed by atoms with Gasteiger partial charge in [0.15, 0.2) is 11.5 Å². The van der Waals surface area contributed by atoms with Crippen molar-refractivity contribution in [1.29, 1.82) is 5.26 Å². The molecule has 0 heterocycles. The Morgan fingerprint density at radius 3 is 2.70 bits per heavy atom. The van der Waals surface area contributed by atoms with Crippen LogP contribution in [0, 0.1) is 18.3 Å². The number of nitrogens with one attached hydrogen (secondary N) is 1. The molecule has 0 aliphatic heterocycles. The Kier molecular flexibility index (Phi) is 7.44. The van der Waals surface area contributed by atoms with Gasteiger partial charge in [-0.25, -0.2) is 0 Å². The van der Waals surface area contributed by atoms with Gasteiger partial charge in [-0.2, -0.15) is 5.26 Å². The van der Waals surface area contributed by atoms with E-state index in [-0.39, 0.29) is 5.57 Å². The maximum atomic E-state index is 12.5. The van der Waals surface area contributed by atoms with Crippen molar-refractivity contribution >= 4 is 33.6 Å². The molecule has 0 spiro atoms. The number of anilines is 1. The van der Waals surface area contributed by atoms with Gasteiger partial charge in [0.1, 0.15) is 11.6 Å². The lowest BCUT2D eigenvalue weighted by atomic mass is 10.1. The minimum Gasteiger partial charge on any atom is -0.493 e. The fourth-order valence-corrected chi connectivity index (χ4v) is 2.96. The number of para-hydroxylation sites is 1.